The molecule has 1 aromatic heterocycles. The van der Waals surface area contributed by atoms with Gasteiger partial charge in [-0.3, -0.25) is 0 Å². The summed E-state index contributed by atoms with van der Waals surface area (Å²) in [6.45, 7) is 0. The molecule has 0 bridgehead atoms. The molecular weight excluding hydrogens is 142 g/mol. The standard InChI is InChI=1S/C3H3N3O2S/c7-3-4-1-5(9)2-6(3)8/h1-2,9H. The number of hydrogen-bond donors (Lipinski definition) is 1. The number of rotatable bonds is 0. The van der Waals surface area contributed by atoms with Crippen LogP contribution in [0.4, 0.5) is 0 Å². The van der Waals surface area contributed by atoms with E-state index in [1.807, 2.05) is 0 Å². The maximum Gasteiger partial charge on any atom is 0.479 e. The fourth-order valence-corrected chi connectivity index (χ4v) is 0.498. The average molecular weight is 145 g/mol. The first-order valence-electron chi connectivity index (χ1n) is 2.07. The molecule has 0 atom stereocenters. The highest BCUT2D eigenvalue weighted by molar-refractivity contribution is 7.78. The summed E-state index contributed by atoms with van der Waals surface area (Å²) in [5.41, 5.74) is -0.833. The van der Waals surface area contributed by atoms with Gasteiger partial charge in [-0.2, -0.15) is 3.97 Å². The van der Waals surface area contributed by atoms with Gasteiger partial charge < -0.3 is 5.21 Å². The molecule has 1 heterocycles. The number of aromatic nitrogens is 3. The highest BCUT2D eigenvalue weighted by Crippen LogP contribution is 1.75. The van der Waals surface area contributed by atoms with Crippen molar-refractivity contribution in [1.29, 1.82) is 0 Å². The van der Waals surface area contributed by atoms with E-state index in [0.29, 0.717) is 0 Å². The van der Waals surface area contributed by atoms with Crippen molar-refractivity contribution in [3.63, 3.8) is 0 Å². The molecule has 0 fully saturated rings. The molecule has 0 radical (unpaired) electrons. The zero-order valence-electron chi connectivity index (χ0n) is 4.26. The average Bonchev–Trinajstić information content (AvgIpc) is 1.80. The van der Waals surface area contributed by atoms with Crippen LogP contribution in [0.25, 0.3) is 0 Å². The number of thiol groups is 1. The molecule has 0 aromatic carbocycles. The molecule has 9 heavy (non-hydrogen) atoms. The summed E-state index contributed by atoms with van der Waals surface area (Å²) in [5.74, 6) is 0. The van der Waals surface area contributed by atoms with E-state index in [4.69, 9.17) is 0 Å². The van der Waals surface area contributed by atoms with Crippen LogP contribution in [-0.4, -0.2) is 8.96 Å². The van der Waals surface area contributed by atoms with Gasteiger partial charge in [-0.05, 0) is 4.98 Å². The molecule has 6 heteroatoms. The predicted molar refractivity (Wildman–Crippen MR) is 31.8 cm³/mol. The molecule has 0 aliphatic carbocycles. The summed E-state index contributed by atoms with van der Waals surface area (Å²) >= 11 is 3.70. The summed E-state index contributed by atoms with van der Waals surface area (Å²) < 4.78 is 1.18. The van der Waals surface area contributed by atoms with Crippen LogP contribution in [0.1, 0.15) is 0 Å². The molecule has 1 aromatic rings. The van der Waals surface area contributed by atoms with Gasteiger partial charge in [-0.1, -0.05) is 0 Å². The van der Waals surface area contributed by atoms with E-state index >= 15 is 0 Å². The van der Waals surface area contributed by atoms with Crippen molar-refractivity contribution >= 4 is 12.8 Å². The van der Waals surface area contributed by atoms with Gasteiger partial charge in [-0.25, -0.2) is 9.52 Å². The molecule has 0 N–H and O–H groups in total. The van der Waals surface area contributed by atoms with Crippen molar-refractivity contribution in [3.05, 3.63) is 28.3 Å². The summed E-state index contributed by atoms with van der Waals surface area (Å²) in [6, 6.07) is 0. The molecule has 0 amide bonds. The molecule has 5 nitrogen and oxygen atoms in total. The molecule has 0 aliphatic rings. The van der Waals surface area contributed by atoms with Crippen LogP contribution in [0, 0.1) is 5.21 Å². The fourth-order valence-electron chi connectivity index (χ4n) is 0.352. The van der Waals surface area contributed by atoms with Crippen LogP contribution < -0.4 is 10.4 Å². The lowest BCUT2D eigenvalue weighted by Crippen LogP contribution is -2.46. The number of hydrogen-bond acceptors (Lipinski definition) is 4. The third-order valence-electron chi connectivity index (χ3n) is 0.698. The minimum absolute atomic E-state index is 0.0903. The summed E-state index contributed by atoms with van der Waals surface area (Å²) in [4.78, 5) is 13.4. The summed E-state index contributed by atoms with van der Waals surface area (Å²) in [7, 11) is 0. The summed E-state index contributed by atoms with van der Waals surface area (Å²) in [6.07, 6.45) is 2.11. The maximum absolute atomic E-state index is 10.3. The van der Waals surface area contributed by atoms with Gasteiger partial charge in [0, 0.05) is 12.8 Å². The van der Waals surface area contributed by atoms with Crippen molar-refractivity contribution in [2.45, 2.75) is 0 Å². The molecule has 0 saturated carbocycles. The smallest absolute Gasteiger partial charge is 0.479 e. The van der Waals surface area contributed by atoms with Crippen molar-refractivity contribution in [2.75, 3.05) is 0 Å². The Morgan fingerprint density at radius 2 is 2.56 bits per heavy atom. The van der Waals surface area contributed by atoms with E-state index < -0.39 is 5.69 Å². The van der Waals surface area contributed by atoms with Gasteiger partial charge in [0.1, 0.15) is 0 Å². The molecule has 0 spiro atoms. The Bertz CT molecular complexity index is 270. The molecule has 48 valence electrons. The van der Waals surface area contributed by atoms with Gasteiger partial charge in [0.2, 0.25) is 12.7 Å². The van der Waals surface area contributed by atoms with Crippen molar-refractivity contribution in [1.82, 2.24) is 8.96 Å². The van der Waals surface area contributed by atoms with E-state index in [0.717, 1.165) is 16.6 Å². The van der Waals surface area contributed by atoms with Crippen LogP contribution in [-0.2, 0) is 0 Å². The van der Waals surface area contributed by atoms with Crippen LogP contribution in [0.2, 0.25) is 0 Å². The highest BCUT2D eigenvalue weighted by Gasteiger charge is 1.94. The molecule has 0 unspecified atom stereocenters. The fraction of sp³-hybridized carbons (Fsp3) is 0. The van der Waals surface area contributed by atoms with Gasteiger partial charge >= 0.3 is 5.69 Å². The Labute approximate surface area is 55.7 Å². The van der Waals surface area contributed by atoms with Gasteiger partial charge in [0.25, 0.3) is 0 Å². The Morgan fingerprint density at radius 3 is 3.00 bits per heavy atom. The molecular formula is C3H3N3O2S. The van der Waals surface area contributed by atoms with Crippen molar-refractivity contribution in [3.8, 4) is 0 Å². The van der Waals surface area contributed by atoms with Gasteiger partial charge in [0.05, 0.1) is 0 Å². The quantitative estimate of drug-likeness (QED) is 0.276. The Hall–Kier alpha value is -1.04. The molecule has 0 saturated heterocycles. The highest BCUT2D eigenvalue weighted by atomic mass is 32.1. The van der Waals surface area contributed by atoms with E-state index in [9.17, 15) is 10.0 Å². The van der Waals surface area contributed by atoms with E-state index in [1.54, 1.807) is 0 Å². The van der Waals surface area contributed by atoms with E-state index in [1.165, 1.54) is 0 Å². The molecule has 1 rings (SSSR count). The predicted octanol–water partition coefficient (Wildman–Crippen LogP) is -1.43. The van der Waals surface area contributed by atoms with E-state index in [2.05, 4.69) is 17.8 Å². The van der Waals surface area contributed by atoms with Gasteiger partial charge in [-0.15, -0.1) is 0 Å². The maximum atomic E-state index is 10.3. The monoisotopic (exact) mass is 145 g/mol. The minimum Gasteiger partial charge on any atom is -0.738 e. The SMILES string of the molecule is O=c1ncn(S)c[n+]1[O-]. The Kier molecular flexibility index (Phi) is 1.39. The Balaban J connectivity index is 3.34. The normalized spacial score (nSPS) is 9.44. The van der Waals surface area contributed by atoms with Crippen LogP contribution in [0.15, 0.2) is 17.4 Å². The second-order valence-corrected chi connectivity index (χ2v) is 1.81. The van der Waals surface area contributed by atoms with Gasteiger partial charge in [0.15, 0.2) is 0 Å². The number of nitrogens with zero attached hydrogens (tertiary/aromatic N) is 3. The van der Waals surface area contributed by atoms with E-state index in [-0.39, 0.29) is 4.73 Å². The zero-order chi connectivity index (χ0) is 6.85. The summed E-state index contributed by atoms with van der Waals surface area (Å²) in [5, 5.41) is 10.3. The second-order valence-electron chi connectivity index (χ2n) is 1.35. The third-order valence-corrected chi connectivity index (χ3v) is 0.905. The first-order valence-corrected chi connectivity index (χ1v) is 2.47. The lowest BCUT2D eigenvalue weighted by molar-refractivity contribution is -0.628. The van der Waals surface area contributed by atoms with Crippen molar-refractivity contribution < 1.29 is 4.73 Å². The van der Waals surface area contributed by atoms with Crippen LogP contribution in [0.3, 0.4) is 0 Å². The van der Waals surface area contributed by atoms with Crippen LogP contribution in [0.5, 0.6) is 0 Å². The lowest BCUT2D eigenvalue weighted by atomic mass is 11.0. The lowest BCUT2D eigenvalue weighted by Gasteiger charge is -1.96. The topological polar surface area (TPSA) is 61.8 Å². The largest absolute Gasteiger partial charge is 0.738 e. The second kappa shape index (κ2) is 2.06. The Morgan fingerprint density at radius 1 is 1.89 bits per heavy atom. The molecule has 0 aliphatic heterocycles. The zero-order valence-corrected chi connectivity index (χ0v) is 5.15. The first-order chi connectivity index (χ1) is 4.20. The minimum atomic E-state index is -0.833. The third kappa shape index (κ3) is 1.20. The van der Waals surface area contributed by atoms with Crippen molar-refractivity contribution in [2.24, 2.45) is 0 Å². The first kappa shape index (κ1) is 6.09. The van der Waals surface area contributed by atoms with Crippen LogP contribution >= 0.6 is 12.8 Å².